The second kappa shape index (κ2) is 10.1. The van der Waals surface area contributed by atoms with E-state index in [1.165, 1.54) is 24.3 Å². The summed E-state index contributed by atoms with van der Waals surface area (Å²) in [5.74, 6) is -2.18. The molecule has 1 heterocycles. The van der Waals surface area contributed by atoms with Gasteiger partial charge in [0.15, 0.2) is 0 Å². The molecule has 0 saturated heterocycles. The first-order valence-electron chi connectivity index (χ1n) is 9.59. The van der Waals surface area contributed by atoms with Crippen molar-refractivity contribution in [3.63, 3.8) is 0 Å². The molecule has 3 amide bonds. The largest absolute Gasteiger partial charge is 0.282 e. The summed E-state index contributed by atoms with van der Waals surface area (Å²) in [6.45, 7) is -0.210. The van der Waals surface area contributed by atoms with Crippen LogP contribution >= 0.6 is 75.3 Å². The highest BCUT2D eigenvalue weighted by atomic mass is 79.9. The molecule has 35 heavy (non-hydrogen) atoms. The molecule has 1 aliphatic heterocycles. The van der Waals surface area contributed by atoms with Gasteiger partial charge in [-0.05, 0) is 87.5 Å². The predicted molar refractivity (Wildman–Crippen MR) is 142 cm³/mol. The molecule has 0 bridgehead atoms. The number of rotatable bonds is 5. The maximum atomic E-state index is 13.6. The maximum Gasteiger partial charge on any atom is 0.282 e. The van der Waals surface area contributed by atoms with Crippen molar-refractivity contribution in [1.82, 2.24) is 10.0 Å². The number of nitrogens with zero attached hydrogens (tertiary/aromatic N) is 3. The van der Waals surface area contributed by atoms with Crippen LogP contribution in [0.4, 0.5) is 5.69 Å². The lowest BCUT2D eigenvalue weighted by Gasteiger charge is -2.30. The van der Waals surface area contributed by atoms with E-state index in [0.717, 1.165) is 10.0 Å². The van der Waals surface area contributed by atoms with Gasteiger partial charge in [-0.3, -0.25) is 24.5 Å². The SMILES string of the molecule is O=C(c1ccc([N+](=O)[O-])cc1)N(Cc1ccccc1Cl)N1C(=O)c2c(Br)c(Br)c(Br)c(Br)c2C1=O. The van der Waals surface area contributed by atoms with Crippen LogP contribution in [0.2, 0.25) is 5.02 Å². The zero-order valence-electron chi connectivity index (χ0n) is 17.1. The average Bonchev–Trinajstić information content (AvgIpc) is 3.10. The molecule has 0 atom stereocenters. The second-order valence-corrected chi connectivity index (χ2v) is 10.8. The number of nitro benzene ring substituents is 1. The van der Waals surface area contributed by atoms with Gasteiger partial charge < -0.3 is 0 Å². The Hall–Kier alpha value is -2.12. The number of halogens is 5. The first kappa shape index (κ1) is 26.0. The number of hydrogen-bond donors (Lipinski definition) is 0. The lowest BCUT2D eigenvalue weighted by Crippen LogP contribution is -2.49. The average molecular weight is 751 g/mol. The van der Waals surface area contributed by atoms with E-state index in [-0.39, 0.29) is 28.9 Å². The van der Waals surface area contributed by atoms with Crippen molar-refractivity contribution in [3.05, 3.63) is 104 Å². The minimum atomic E-state index is -0.729. The minimum Gasteiger partial charge on any atom is -0.267 e. The van der Waals surface area contributed by atoms with Crippen molar-refractivity contribution in [2.45, 2.75) is 6.54 Å². The Morgan fingerprint density at radius 1 is 0.886 bits per heavy atom. The summed E-state index contributed by atoms with van der Waals surface area (Å²) in [6, 6.07) is 11.6. The lowest BCUT2D eigenvalue weighted by atomic mass is 10.1. The Balaban J connectivity index is 1.84. The zero-order valence-corrected chi connectivity index (χ0v) is 24.2. The van der Waals surface area contributed by atoms with Gasteiger partial charge in [0.25, 0.3) is 23.4 Å². The summed E-state index contributed by atoms with van der Waals surface area (Å²) in [5, 5.41) is 13.1. The zero-order chi connectivity index (χ0) is 25.6. The summed E-state index contributed by atoms with van der Waals surface area (Å²) >= 11 is 19.8. The number of nitro groups is 1. The van der Waals surface area contributed by atoms with Crippen molar-refractivity contribution < 1.29 is 19.3 Å². The third-order valence-electron chi connectivity index (χ3n) is 5.16. The summed E-state index contributed by atoms with van der Waals surface area (Å²) in [5.41, 5.74) is 0.457. The van der Waals surface area contributed by atoms with E-state index in [2.05, 4.69) is 63.7 Å². The topological polar surface area (TPSA) is 101 Å². The van der Waals surface area contributed by atoms with E-state index in [0.29, 0.717) is 28.5 Å². The summed E-state index contributed by atoms with van der Waals surface area (Å²) < 4.78 is 1.68. The van der Waals surface area contributed by atoms with Gasteiger partial charge >= 0.3 is 0 Å². The van der Waals surface area contributed by atoms with E-state index in [1.807, 2.05) is 0 Å². The van der Waals surface area contributed by atoms with Crippen LogP contribution < -0.4 is 0 Å². The van der Waals surface area contributed by atoms with E-state index in [1.54, 1.807) is 24.3 Å². The van der Waals surface area contributed by atoms with Crippen molar-refractivity contribution in [1.29, 1.82) is 0 Å². The monoisotopic (exact) mass is 747 g/mol. The van der Waals surface area contributed by atoms with E-state index >= 15 is 0 Å². The number of fused-ring (bicyclic) bond motifs is 1. The third-order valence-corrected chi connectivity index (χ3v) is 10.3. The predicted octanol–water partition coefficient (Wildman–Crippen LogP) is 7.15. The van der Waals surface area contributed by atoms with Gasteiger partial charge in [-0.1, -0.05) is 29.8 Å². The number of hydrazine groups is 1. The molecule has 0 N–H and O–H groups in total. The fourth-order valence-corrected chi connectivity index (χ4v) is 6.11. The molecule has 3 aromatic carbocycles. The number of hydrogen-bond acceptors (Lipinski definition) is 5. The van der Waals surface area contributed by atoms with Crippen LogP contribution in [0.15, 0.2) is 66.4 Å². The van der Waals surface area contributed by atoms with Gasteiger partial charge in [0.05, 0.1) is 22.6 Å². The van der Waals surface area contributed by atoms with Crippen LogP contribution in [0, 0.1) is 10.1 Å². The molecule has 13 heteroatoms. The lowest BCUT2D eigenvalue weighted by molar-refractivity contribution is -0.384. The van der Waals surface area contributed by atoms with Crippen LogP contribution in [0.3, 0.4) is 0 Å². The van der Waals surface area contributed by atoms with Crippen molar-refractivity contribution in [3.8, 4) is 0 Å². The molecule has 0 radical (unpaired) electrons. The Morgan fingerprint density at radius 3 is 1.89 bits per heavy atom. The van der Waals surface area contributed by atoms with E-state index < -0.39 is 22.6 Å². The molecule has 0 saturated carbocycles. The fraction of sp³-hybridized carbons (Fsp3) is 0.0455. The second-order valence-electron chi connectivity index (χ2n) is 7.19. The summed E-state index contributed by atoms with van der Waals surface area (Å²) in [7, 11) is 0. The molecule has 1 aliphatic rings. The molecule has 0 aromatic heterocycles. The Labute approximate surface area is 236 Å². The van der Waals surface area contributed by atoms with Crippen molar-refractivity contribution >= 4 is 98.7 Å². The highest BCUT2D eigenvalue weighted by molar-refractivity contribution is 9.15. The third kappa shape index (κ3) is 4.57. The molecule has 0 spiro atoms. The van der Waals surface area contributed by atoms with Crippen LogP contribution in [-0.4, -0.2) is 32.7 Å². The van der Waals surface area contributed by atoms with Gasteiger partial charge in [-0.2, -0.15) is 5.01 Å². The smallest absolute Gasteiger partial charge is 0.267 e. The number of benzene rings is 3. The molecule has 178 valence electrons. The van der Waals surface area contributed by atoms with Gasteiger partial charge in [-0.25, -0.2) is 5.01 Å². The molecule has 0 aliphatic carbocycles. The van der Waals surface area contributed by atoms with Gasteiger partial charge in [0.1, 0.15) is 0 Å². The van der Waals surface area contributed by atoms with Crippen LogP contribution in [0.5, 0.6) is 0 Å². The number of imide groups is 1. The Kier molecular flexibility index (Phi) is 7.49. The highest BCUT2D eigenvalue weighted by Crippen LogP contribution is 2.45. The van der Waals surface area contributed by atoms with Crippen LogP contribution in [0.25, 0.3) is 0 Å². The maximum absolute atomic E-state index is 13.6. The number of carbonyl (C=O) groups excluding carboxylic acids is 3. The summed E-state index contributed by atoms with van der Waals surface area (Å²) in [6.07, 6.45) is 0. The Bertz CT molecular complexity index is 1380. The van der Waals surface area contributed by atoms with E-state index in [9.17, 15) is 24.5 Å². The molecular weight excluding hydrogens is 741 g/mol. The first-order chi connectivity index (χ1) is 16.5. The molecule has 0 unspecified atom stereocenters. The highest BCUT2D eigenvalue weighted by Gasteiger charge is 2.45. The molecular formula is C22H10Br4ClN3O5. The van der Waals surface area contributed by atoms with Gasteiger partial charge in [0.2, 0.25) is 0 Å². The quantitative estimate of drug-likeness (QED) is 0.0907. The van der Waals surface area contributed by atoms with E-state index in [4.69, 9.17) is 11.6 Å². The number of amides is 3. The van der Waals surface area contributed by atoms with Crippen LogP contribution in [-0.2, 0) is 6.54 Å². The molecule has 3 aromatic rings. The first-order valence-corrected chi connectivity index (χ1v) is 13.1. The van der Waals surface area contributed by atoms with Crippen molar-refractivity contribution in [2.75, 3.05) is 0 Å². The Morgan fingerprint density at radius 2 is 1.40 bits per heavy atom. The van der Waals surface area contributed by atoms with Gasteiger partial charge in [0, 0.05) is 40.6 Å². The summed E-state index contributed by atoms with van der Waals surface area (Å²) in [4.78, 5) is 51.1. The van der Waals surface area contributed by atoms with Crippen LogP contribution in [0.1, 0.15) is 36.6 Å². The van der Waals surface area contributed by atoms with Crippen molar-refractivity contribution in [2.24, 2.45) is 0 Å². The number of non-ortho nitro benzene ring substituents is 1. The normalized spacial score (nSPS) is 12.7. The molecule has 4 rings (SSSR count). The molecule has 0 fully saturated rings. The number of carbonyl (C=O) groups is 3. The molecule has 8 nitrogen and oxygen atoms in total. The standard InChI is InChI=1S/C22H10Br4ClN3O5/c23-16-14-15(17(24)19(26)18(16)25)22(33)29(21(14)32)28(9-11-3-1-2-4-13(11)27)20(31)10-5-7-12(8-6-10)30(34)35/h1-8H,9H2. The van der Waals surface area contributed by atoms with Gasteiger partial charge in [-0.15, -0.1) is 0 Å². The fourth-order valence-electron chi connectivity index (χ4n) is 3.45. The minimum absolute atomic E-state index is 0.0414.